The Kier molecular flexibility index (Phi) is 5.32. The lowest BCUT2D eigenvalue weighted by molar-refractivity contribution is -0.124. The molecule has 20 heavy (non-hydrogen) atoms. The molecular formula is C15H17NO4. The van der Waals surface area contributed by atoms with Crippen LogP contribution in [0.5, 0.6) is 0 Å². The van der Waals surface area contributed by atoms with Crippen molar-refractivity contribution in [2.75, 3.05) is 5.32 Å². The first-order valence-corrected chi connectivity index (χ1v) is 6.22. The van der Waals surface area contributed by atoms with Gasteiger partial charge in [-0.15, -0.1) is 0 Å². The van der Waals surface area contributed by atoms with E-state index in [0.29, 0.717) is 16.8 Å². The Morgan fingerprint density at radius 3 is 2.15 bits per heavy atom. The van der Waals surface area contributed by atoms with E-state index in [1.54, 1.807) is 25.1 Å². The Balaban J connectivity index is 2.95. The van der Waals surface area contributed by atoms with Crippen LogP contribution in [0, 0.1) is 6.92 Å². The van der Waals surface area contributed by atoms with Gasteiger partial charge >= 0.3 is 0 Å². The average molecular weight is 275 g/mol. The first-order chi connectivity index (χ1) is 9.31. The molecule has 0 saturated heterocycles. The van der Waals surface area contributed by atoms with Gasteiger partial charge in [0.05, 0.1) is 12.8 Å². The number of hydrogen-bond acceptors (Lipinski definition) is 4. The quantitative estimate of drug-likeness (QED) is 0.636. The SMILES string of the molecule is CC(=O)CC(=O)Nc1cccc(C(=O)CC(C)=O)c1C. The summed E-state index contributed by atoms with van der Waals surface area (Å²) in [6.45, 7) is 4.38. The van der Waals surface area contributed by atoms with Crippen LogP contribution in [0.2, 0.25) is 0 Å². The predicted octanol–water partition coefficient (Wildman–Crippen LogP) is 2.07. The summed E-state index contributed by atoms with van der Waals surface area (Å²) in [5, 5.41) is 2.59. The second kappa shape index (κ2) is 6.75. The fourth-order valence-electron chi connectivity index (χ4n) is 1.81. The van der Waals surface area contributed by atoms with Crippen molar-refractivity contribution in [2.45, 2.75) is 33.6 Å². The lowest BCUT2D eigenvalue weighted by atomic mass is 10.00. The first-order valence-electron chi connectivity index (χ1n) is 6.22. The maximum absolute atomic E-state index is 11.9. The lowest BCUT2D eigenvalue weighted by Crippen LogP contribution is -2.16. The molecule has 0 spiro atoms. The fourth-order valence-corrected chi connectivity index (χ4v) is 1.81. The van der Waals surface area contributed by atoms with Crippen LogP contribution in [-0.2, 0) is 14.4 Å². The molecule has 1 rings (SSSR count). The monoisotopic (exact) mass is 275 g/mol. The molecule has 0 aliphatic carbocycles. The summed E-state index contributed by atoms with van der Waals surface area (Å²) in [5.41, 5.74) is 1.47. The first kappa shape index (κ1) is 15.8. The van der Waals surface area contributed by atoms with E-state index in [-0.39, 0.29) is 30.2 Å². The van der Waals surface area contributed by atoms with E-state index in [0.717, 1.165) is 0 Å². The number of carbonyl (C=O) groups is 4. The van der Waals surface area contributed by atoms with Crippen molar-refractivity contribution in [2.24, 2.45) is 0 Å². The van der Waals surface area contributed by atoms with Gasteiger partial charge in [0, 0.05) is 11.3 Å². The van der Waals surface area contributed by atoms with Crippen LogP contribution in [-0.4, -0.2) is 23.3 Å². The van der Waals surface area contributed by atoms with Crippen LogP contribution in [0.25, 0.3) is 0 Å². The van der Waals surface area contributed by atoms with Gasteiger partial charge in [0.2, 0.25) is 5.91 Å². The number of hydrogen-bond donors (Lipinski definition) is 1. The normalized spacial score (nSPS) is 9.95. The van der Waals surface area contributed by atoms with E-state index in [2.05, 4.69) is 5.32 Å². The number of ketones is 3. The van der Waals surface area contributed by atoms with Crippen LogP contribution in [0.15, 0.2) is 18.2 Å². The second-order valence-electron chi connectivity index (χ2n) is 4.71. The highest BCUT2D eigenvalue weighted by Gasteiger charge is 2.15. The minimum atomic E-state index is -0.420. The summed E-state index contributed by atoms with van der Waals surface area (Å²) >= 11 is 0. The third-order valence-electron chi connectivity index (χ3n) is 2.73. The third kappa shape index (κ3) is 4.42. The summed E-state index contributed by atoms with van der Waals surface area (Å²) < 4.78 is 0. The summed E-state index contributed by atoms with van der Waals surface area (Å²) in [6.07, 6.45) is -0.364. The number of rotatable bonds is 6. The maximum atomic E-state index is 11.9. The number of carbonyl (C=O) groups excluding carboxylic acids is 4. The molecule has 0 radical (unpaired) electrons. The van der Waals surface area contributed by atoms with Crippen molar-refractivity contribution < 1.29 is 19.2 Å². The van der Waals surface area contributed by atoms with E-state index in [1.165, 1.54) is 13.8 Å². The molecule has 1 N–H and O–H groups in total. The summed E-state index contributed by atoms with van der Waals surface area (Å²) in [5.74, 6) is -1.14. The Bertz CT molecular complexity index is 575. The molecule has 5 heteroatoms. The van der Waals surface area contributed by atoms with Crippen molar-refractivity contribution in [3.8, 4) is 0 Å². The molecule has 1 aromatic rings. The highest BCUT2D eigenvalue weighted by Crippen LogP contribution is 2.20. The van der Waals surface area contributed by atoms with Gasteiger partial charge in [-0.25, -0.2) is 0 Å². The van der Waals surface area contributed by atoms with Crippen molar-refractivity contribution in [3.05, 3.63) is 29.3 Å². The smallest absolute Gasteiger partial charge is 0.231 e. The Morgan fingerprint density at radius 1 is 1.00 bits per heavy atom. The molecule has 0 bridgehead atoms. The molecule has 0 aromatic heterocycles. The van der Waals surface area contributed by atoms with Gasteiger partial charge in [0.1, 0.15) is 11.6 Å². The molecule has 1 aromatic carbocycles. The third-order valence-corrected chi connectivity index (χ3v) is 2.73. The zero-order valence-electron chi connectivity index (χ0n) is 11.8. The second-order valence-corrected chi connectivity index (χ2v) is 4.71. The van der Waals surface area contributed by atoms with Crippen LogP contribution >= 0.6 is 0 Å². The topological polar surface area (TPSA) is 80.3 Å². The largest absolute Gasteiger partial charge is 0.325 e. The molecular weight excluding hydrogens is 258 g/mol. The minimum Gasteiger partial charge on any atom is -0.325 e. The van der Waals surface area contributed by atoms with Gasteiger partial charge in [-0.3, -0.25) is 19.2 Å². The number of amides is 1. The van der Waals surface area contributed by atoms with Crippen molar-refractivity contribution >= 4 is 28.9 Å². The maximum Gasteiger partial charge on any atom is 0.231 e. The standard InChI is InChI=1S/C15H17NO4/c1-9(17)7-14(19)12-5-4-6-13(11(12)3)16-15(20)8-10(2)18/h4-6H,7-8H2,1-3H3,(H,16,20). The van der Waals surface area contributed by atoms with Crippen LogP contribution in [0.1, 0.15) is 42.6 Å². The van der Waals surface area contributed by atoms with Gasteiger partial charge in [0.25, 0.3) is 0 Å². The molecule has 0 atom stereocenters. The number of benzene rings is 1. The zero-order chi connectivity index (χ0) is 15.3. The van der Waals surface area contributed by atoms with Gasteiger partial charge < -0.3 is 5.32 Å². The van der Waals surface area contributed by atoms with Crippen LogP contribution in [0.4, 0.5) is 5.69 Å². The van der Waals surface area contributed by atoms with Crippen LogP contribution in [0.3, 0.4) is 0 Å². The van der Waals surface area contributed by atoms with Crippen LogP contribution < -0.4 is 5.32 Å². The Labute approximate surface area is 117 Å². The molecule has 0 unspecified atom stereocenters. The number of anilines is 1. The number of Topliss-reactive ketones (excluding diaryl/α,β-unsaturated/α-hetero) is 3. The molecule has 5 nitrogen and oxygen atoms in total. The Morgan fingerprint density at radius 2 is 1.60 bits per heavy atom. The zero-order valence-corrected chi connectivity index (χ0v) is 11.8. The van der Waals surface area contributed by atoms with E-state index in [1.807, 2.05) is 0 Å². The molecule has 106 valence electrons. The molecule has 0 heterocycles. The van der Waals surface area contributed by atoms with Gasteiger partial charge in [0.15, 0.2) is 5.78 Å². The van der Waals surface area contributed by atoms with Gasteiger partial charge in [-0.2, -0.15) is 0 Å². The van der Waals surface area contributed by atoms with E-state index >= 15 is 0 Å². The van der Waals surface area contributed by atoms with Gasteiger partial charge in [-0.05, 0) is 32.4 Å². The lowest BCUT2D eigenvalue weighted by Gasteiger charge is -2.11. The Hall–Kier alpha value is -2.30. The number of nitrogens with one attached hydrogen (secondary N) is 1. The van der Waals surface area contributed by atoms with Crippen molar-refractivity contribution in [1.82, 2.24) is 0 Å². The van der Waals surface area contributed by atoms with E-state index in [9.17, 15) is 19.2 Å². The average Bonchev–Trinajstić information content (AvgIpc) is 2.29. The minimum absolute atomic E-state index is 0.161. The van der Waals surface area contributed by atoms with Gasteiger partial charge in [-0.1, -0.05) is 12.1 Å². The summed E-state index contributed by atoms with van der Waals surface area (Å²) in [7, 11) is 0. The molecule has 0 aliphatic rings. The van der Waals surface area contributed by atoms with E-state index in [4.69, 9.17) is 0 Å². The summed E-state index contributed by atoms with van der Waals surface area (Å²) in [4.78, 5) is 45.3. The highest BCUT2D eigenvalue weighted by atomic mass is 16.2. The molecule has 0 fully saturated rings. The van der Waals surface area contributed by atoms with Crippen molar-refractivity contribution in [1.29, 1.82) is 0 Å². The van der Waals surface area contributed by atoms with Crippen molar-refractivity contribution in [3.63, 3.8) is 0 Å². The predicted molar refractivity (Wildman–Crippen MR) is 74.7 cm³/mol. The molecule has 1 amide bonds. The molecule has 0 saturated carbocycles. The van der Waals surface area contributed by atoms with E-state index < -0.39 is 5.91 Å². The fraction of sp³-hybridized carbons (Fsp3) is 0.333. The summed E-state index contributed by atoms with van der Waals surface area (Å²) in [6, 6.07) is 4.89. The molecule has 0 aliphatic heterocycles. The highest BCUT2D eigenvalue weighted by molar-refractivity contribution is 6.09.